The number of amides is 2. The molecule has 0 aliphatic rings. The van der Waals surface area contributed by atoms with Crippen LogP contribution in [-0.2, 0) is 6.54 Å². The first-order chi connectivity index (χ1) is 12.1. The zero-order valence-electron chi connectivity index (χ0n) is 13.0. The fraction of sp³-hybridized carbons (Fsp3) is 0.133. The molecule has 0 aliphatic heterocycles. The van der Waals surface area contributed by atoms with Crippen molar-refractivity contribution in [1.29, 1.82) is 0 Å². The molecule has 1 aromatic carbocycles. The van der Waals surface area contributed by atoms with E-state index in [4.69, 9.17) is 0 Å². The average Bonchev–Trinajstić information content (AvgIpc) is 3.11. The minimum absolute atomic E-state index is 0.162. The highest BCUT2D eigenvalue weighted by Gasteiger charge is 2.05. The van der Waals surface area contributed by atoms with Crippen LogP contribution in [-0.4, -0.2) is 37.1 Å². The quantitative estimate of drug-likeness (QED) is 0.712. The summed E-state index contributed by atoms with van der Waals surface area (Å²) >= 11 is 0. The smallest absolute Gasteiger partial charge is 0.319 e. The van der Waals surface area contributed by atoms with Crippen LogP contribution >= 0.6 is 0 Å². The predicted octanol–water partition coefficient (Wildman–Crippen LogP) is 0.785. The van der Waals surface area contributed by atoms with Crippen molar-refractivity contribution < 1.29 is 9.18 Å². The van der Waals surface area contributed by atoms with E-state index in [9.17, 15) is 14.0 Å². The molecular formula is C15H14FN7O2. The van der Waals surface area contributed by atoms with E-state index >= 15 is 0 Å². The largest absolute Gasteiger partial charge is 0.336 e. The van der Waals surface area contributed by atoms with Crippen LogP contribution in [0.15, 0.2) is 53.8 Å². The van der Waals surface area contributed by atoms with Crippen LogP contribution in [0.4, 0.5) is 14.9 Å². The molecule has 2 N–H and O–H groups in total. The molecule has 2 aromatic heterocycles. The van der Waals surface area contributed by atoms with E-state index in [0.29, 0.717) is 11.5 Å². The average molecular weight is 343 g/mol. The van der Waals surface area contributed by atoms with Crippen molar-refractivity contribution in [2.75, 3.05) is 11.9 Å². The Morgan fingerprint density at radius 1 is 1.24 bits per heavy atom. The summed E-state index contributed by atoms with van der Waals surface area (Å²) in [6.45, 7) is 0.326. The summed E-state index contributed by atoms with van der Waals surface area (Å²) in [4.78, 5) is 27.4. The molecule has 0 radical (unpaired) electrons. The molecular weight excluding hydrogens is 329 g/mol. The Morgan fingerprint density at radius 3 is 2.88 bits per heavy atom. The summed E-state index contributed by atoms with van der Waals surface area (Å²) < 4.78 is 15.7. The lowest BCUT2D eigenvalue weighted by Gasteiger charge is -2.09. The van der Waals surface area contributed by atoms with Crippen molar-refractivity contribution in [3.8, 4) is 5.82 Å². The monoisotopic (exact) mass is 343 g/mol. The molecule has 128 valence electrons. The van der Waals surface area contributed by atoms with Crippen LogP contribution in [0.5, 0.6) is 0 Å². The van der Waals surface area contributed by atoms with Gasteiger partial charge in [0.2, 0.25) is 0 Å². The fourth-order valence-electron chi connectivity index (χ4n) is 2.06. The number of rotatable bonds is 5. The van der Waals surface area contributed by atoms with Crippen molar-refractivity contribution in [3.05, 3.63) is 65.2 Å². The van der Waals surface area contributed by atoms with Crippen LogP contribution in [0.25, 0.3) is 5.82 Å². The topological polar surface area (TPSA) is 107 Å². The first-order valence-electron chi connectivity index (χ1n) is 7.35. The van der Waals surface area contributed by atoms with Gasteiger partial charge in [0, 0.05) is 18.3 Å². The number of carbonyl (C=O) groups is 1. The fourth-order valence-corrected chi connectivity index (χ4v) is 2.06. The number of urea groups is 1. The number of benzene rings is 1. The molecule has 10 heteroatoms. The van der Waals surface area contributed by atoms with Gasteiger partial charge >= 0.3 is 6.03 Å². The van der Waals surface area contributed by atoms with E-state index in [1.54, 1.807) is 6.07 Å². The Labute approximate surface area is 141 Å². The number of carbonyl (C=O) groups excluding carboxylic acids is 1. The number of anilines is 1. The van der Waals surface area contributed by atoms with E-state index in [2.05, 4.69) is 25.8 Å². The Balaban J connectivity index is 1.57. The van der Waals surface area contributed by atoms with Crippen molar-refractivity contribution in [2.24, 2.45) is 0 Å². The van der Waals surface area contributed by atoms with E-state index < -0.39 is 11.8 Å². The first-order valence-corrected chi connectivity index (χ1v) is 7.35. The van der Waals surface area contributed by atoms with Crippen LogP contribution < -0.4 is 16.2 Å². The van der Waals surface area contributed by atoms with Crippen LogP contribution in [0, 0.1) is 5.82 Å². The second kappa shape index (κ2) is 7.34. The van der Waals surface area contributed by atoms with Gasteiger partial charge in [-0.1, -0.05) is 6.07 Å². The highest BCUT2D eigenvalue weighted by Crippen LogP contribution is 2.08. The molecule has 0 saturated carbocycles. The summed E-state index contributed by atoms with van der Waals surface area (Å²) in [6.07, 6.45) is 2.82. The second-order valence-corrected chi connectivity index (χ2v) is 4.98. The summed E-state index contributed by atoms with van der Waals surface area (Å²) in [6, 6.07) is 7.91. The van der Waals surface area contributed by atoms with Gasteiger partial charge in [-0.05, 0) is 24.3 Å². The van der Waals surface area contributed by atoms with Crippen molar-refractivity contribution in [3.63, 3.8) is 0 Å². The maximum Gasteiger partial charge on any atom is 0.319 e. The molecule has 25 heavy (non-hydrogen) atoms. The number of hydrogen-bond acceptors (Lipinski definition) is 5. The third kappa shape index (κ3) is 4.25. The van der Waals surface area contributed by atoms with Gasteiger partial charge in [0.15, 0.2) is 5.82 Å². The van der Waals surface area contributed by atoms with E-state index in [1.807, 2.05) is 0 Å². The number of nitrogens with zero attached hydrogens (tertiary/aromatic N) is 5. The van der Waals surface area contributed by atoms with Gasteiger partial charge in [0.25, 0.3) is 5.56 Å². The molecule has 3 rings (SSSR count). The van der Waals surface area contributed by atoms with E-state index in [-0.39, 0.29) is 18.6 Å². The summed E-state index contributed by atoms with van der Waals surface area (Å²) in [5, 5.41) is 13.2. The number of halogens is 1. The summed E-state index contributed by atoms with van der Waals surface area (Å²) in [5.41, 5.74) is 0.0252. The highest BCUT2D eigenvalue weighted by atomic mass is 19.1. The predicted molar refractivity (Wildman–Crippen MR) is 86.8 cm³/mol. The minimum Gasteiger partial charge on any atom is -0.336 e. The van der Waals surface area contributed by atoms with Crippen LogP contribution in [0.3, 0.4) is 0 Å². The van der Waals surface area contributed by atoms with Gasteiger partial charge in [-0.15, -0.1) is 5.10 Å². The lowest BCUT2D eigenvalue weighted by molar-refractivity contribution is 0.251. The zero-order valence-corrected chi connectivity index (χ0v) is 13.0. The van der Waals surface area contributed by atoms with E-state index in [0.717, 1.165) is 0 Å². The standard InChI is InChI=1S/C15H14FN7O2/c16-11-2-1-3-12(8-11)20-15(25)18-6-7-22-14(24)5-4-13(21-22)23-10-17-9-19-23/h1-5,8-10H,6-7H2,(H2,18,20,25). The van der Waals surface area contributed by atoms with Crippen molar-refractivity contribution in [1.82, 2.24) is 29.9 Å². The van der Waals surface area contributed by atoms with Crippen molar-refractivity contribution >= 4 is 11.7 Å². The third-order valence-corrected chi connectivity index (χ3v) is 3.20. The summed E-state index contributed by atoms with van der Waals surface area (Å²) in [5.74, 6) is -0.0141. The summed E-state index contributed by atoms with van der Waals surface area (Å²) in [7, 11) is 0. The van der Waals surface area contributed by atoms with Gasteiger partial charge in [0.1, 0.15) is 18.5 Å². The Bertz CT molecular complexity index is 924. The molecule has 2 heterocycles. The van der Waals surface area contributed by atoms with Gasteiger partial charge in [-0.2, -0.15) is 5.10 Å². The van der Waals surface area contributed by atoms with Crippen LogP contribution in [0.2, 0.25) is 0 Å². The van der Waals surface area contributed by atoms with Gasteiger partial charge in [-0.3, -0.25) is 4.79 Å². The first kappa shape index (κ1) is 16.3. The van der Waals surface area contributed by atoms with Gasteiger partial charge in [-0.25, -0.2) is 23.5 Å². The molecule has 0 atom stereocenters. The normalized spacial score (nSPS) is 10.4. The van der Waals surface area contributed by atoms with E-state index in [1.165, 1.54) is 52.4 Å². The molecule has 0 spiro atoms. The molecule has 0 unspecified atom stereocenters. The Morgan fingerprint density at radius 2 is 2.12 bits per heavy atom. The second-order valence-electron chi connectivity index (χ2n) is 4.98. The third-order valence-electron chi connectivity index (χ3n) is 3.20. The SMILES string of the molecule is O=C(NCCn1nc(-n2cncn2)ccc1=O)Nc1cccc(F)c1. The van der Waals surface area contributed by atoms with Crippen LogP contribution in [0.1, 0.15) is 0 Å². The molecule has 0 saturated heterocycles. The maximum atomic E-state index is 13.1. The minimum atomic E-state index is -0.508. The number of nitrogens with one attached hydrogen (secondary N) is 2. The molecule has 2 amide bonds. The maximum absolute atomic E-state index is 13.1. The lowest BCUT2D eigenvalue weighted by Crippen LogP contribution is -2.34. The van der Waals surface area contributed by atoms with Gasteiger partial charge in [0.05, 0.1) is 6.54 Å². The zero-order chi connectivity index (χ0) is 17.6. The lowest BCUT2D eigenvalue weighted by atomic mass is 10.3. The molecule has 0 fully saturated rings. The highest BCUT2D eigenvalue weighted by molar-refractivity contribution is 5.89. The molecule has 9 nitrogen and oxygen atoms in total. The van der Waals surface area contributed by atoms with Crippen molar-refractivity contribution in [2.45, 2.75) is 6.54 Å². The Hall–Kier alpha value is -3.56. The Kier molecular flexibility index (Phi) is 4.79. The number of aromatic nitrogens is 5. The number of hydrogen-bond donors (Lipinski definition) is 2. The molecule has 0 aliphatic carbocycles. The van der Waals surface area contributed by atoms with Gasteiger partial charge < -0.3 is 10.6 Å². The molecule has 0 bridgehead atoms. The molecule has 3 aromatic rings.